The molecule has 0 spiro atoms. The summed E-state index contributed by atoms with van der Waals surface area (Å²) in [5, 5.41) is 0. The maximum Gasteiger partial charge on any atom is 0.123 e. The first kappa shape index (κ1) is 25.4. The predicted octanol–water partition coefficient (Wildman–Crippen LogP) is 10.1. The number of aliphatic imine (C=N–C) groups is 1. The molecular weight excluding hydrogens is 433 g/mol. The molecule has 0 bridgehead atoms. The highest BCUT2D eigenvalue weighted by atomic mass is 31.1. The number of hydrogen-bond acceptors (Lipinski definition) is 2. The van der Waals surface area contributed by atoms with E-state index < -0.39 is 8.15 Å². The lowest BCUT2D eigenvalue weighted by atomic mass is 9.93. The smallest absolute Gasteiger partial charge is 0.123 e. The van der Waals surface area contributed by atoms with Gasteiger partial charge in [-0.1, -0.05) is 96.6 Å². The Hall–Kier alpha value is -1.66. The molecule has 2 aliphatic rings. The summed E-state index contributed by atoms with van der Waals surface area (Å²) in [4.78, 5) is 5.04. The fourth-order valence-corrected chi connectivity index (χ4v) is 8.69. The lowest BCUT2D eigenvalue weighted by Crippen LogP contribution is -2.23. The fraction of sp³-hybridized carbons (Fsp3) is 0.581. The van der Waals surface area contributed by atoms with Crippen molar-refractivity contribution >= 4 is 20.1 Å². The van der Waals surface area contributed by atoms with E-state index in [1.165, 1.54) is 75.3 Å². The quantitative estimate of drug-likeness (QED) is 0.274. The molecule has 0 atom stereocenters. The molecule has 2 aliphatic carbocycles. The molecule has 0 N–H and O–H groups in total. The molecule has 0 unspecified atom stereocenters. The first-order valence-electron chi connectivity index (χ1n) is 13.8. The van der Waals surface area contributed by atoms with Crippen LogP contribution in [0.3, 0.4) is 0 Å². The zero-order valence-corrected chi connectivity index (χ0v) is 22.7. The first-order valence-corrected chi connectivity index (χ1v) is 15.2. The zero-order valence-electron chi connectivity index (χ0n) is 21.8. The van der Waals surface area contributed by atoms with Gasteiger partial charge in [-0.15, -0.1) is 0 Å². The van der Waals surface area contributed by atoms with Gasteiger partial charge >= 0.3 is 0 Å². The Bertz CT molecular complexity index is 894. The third-order valence-corrected chi connectivity index (χ3v) is 10.5. The summed E-state index contributed by atoms with van der Waals surface area (Å²) in [5.41, 5.74) is 6.51. The molecule has 0 radical (unpaired) electrons. The number of para-hydroxylation sites is 1. The number of rotatable bonds is 8. The highest BCUT2D eigenvalue weighted by Gasteiger charge is 2.33. The second-order valence-corrected chi connectivity index (χ2v) is 13.3. The van der Waals surface area contributed by atoms with E-state index in [0.717, 1.165) is 28.3 Å². The van der Waals surface area contributed by atoms with Crippen LogP contribution >= 0.6 is 8.15 Å². The van der Waals surface area contributed by atoms with Crippen molar-refractivity contribution in [1.82, 2.24) is 0 Å². The standard InChI is InChI=1S/C31H44NOP/c1-23(2)29-19-12-20-30(24(3)4)31(29)32-22-25-13-11-14-26(21-25)33-34(27-15-7-5-8-16-27)28-17-9-6-10-18-28/h11-14,19-24,27-28H,5-10,15-18H2,1-4H3. The molecule has 3 heteroatoms. The van der Waals surface area contributed by atoms with Gasteiger partial charge in [0.1, 0.15) is 5.75 Å². The van der Waals surface area contributed by atoms with Crippen molar-refractivity contribution in [3.63, 3.8) is 0 Å². The van der Waals surface area contributed by atoms with Crippen LogP contribution in [0.2, 0.25) is 0 Å². The van der Waals surface area contributed by atoms with E-state index in [-0.39, 0.29) is 0 Å². The Morgan fingerprint density at radius 2 is 1.29 bits per heavy atom. The summed E-state index contributed by atoms with van der Waals surface area (Å²) in [6.45, 7) is 9.02. The van der Waals surface area contributed by atoms with Crippen LogP contribution in [0.5, 0.6) is 5.75 Å². The van der Waals surface area contributed by atoms with Gasteiger partial charge in [-0.3, -0.25) is 4.99 Å². The van der Waals surface area contributed by atoms with Crippen molar-refractivity contribution < 1.29 is 4.52 Å². The minimum atomic E-state index is -0.411. The van der Waals surface area contributed by atoms with Crippen molar-refractivity contribution in [3.05, 3.63) is 59.2 Å². The van der Waals surface area contributed by atoms with E-state index in [2.05, 4.69) is 70.2 Å². The van der Waals surface area contributed by atoms with E-state index in [0.29, 0.717) is 11.8 Å². The molecule has 184 valence electrons. The number of hydrogen-bond donors (Lipinski definition) is 0. The van der Waals surface area contributed by atoms with Crippen LogP contribution in [-0.4, -0.2) is 17.5 Å². The summed E-state index contributed by atoms with van der Waals surface area (Å²) in [7, 11) is -0.411. The van der Waals surface area contributed by atoms with E-state index in [4.69, 9.17) is 9.52 Å². The largest absolute Gasteiger partial charge is 0.473 e. The van der Waals surface area contributed by atoms with Gasteiger partial charge in [0.05, 0.1) is 13.8 Å². The SMILES string of the molecule is CC(C)c1cccc(C(C)C)c1N=Cc1cccc(OP(C2CCCCC2)C2CCCCC2)c1. The molecule has 0 aromatic heterocycles. The summed E-state index contributed by atoms with van der Waals surface area (Å²) in [5.74, 6) is 1.96. The van der Waals surface area contributed by atoms with Crippen molar-refractivity contribution in [3.8, 4) is 5.75 Å². The summed E-state index contributed by atoms with van der Waals surface area (Å²) in [6.07, 6.45) is 15.9. The van der Waals surface area contributed by atoms with Crippen LogP contribution in [0.1, 0.15) is 120 Å². The lowest BCUT2D eigenvalue weighted by Gasteiger charge is -2.37. The maximum atomic E-state index is 6.91. The molecule has 0 saturated heterocycles. The van der Waals surface area contributed by atoms with Crippen LogP contribution in [0.15, 0.2) is 47.5 Å². The van der Waals surface area contributed by atoms with Crippen molar-refractivity contribution in [2.75, 3.05) is 0 Å². The number of benzene rings is 2. The lowest BCUT2D eigenvalue weighted by molar-refractivity contribution is 0.449. The van der Waals surface area contributed by atoms with Gasteiger partial charge in [0.25, 0.3) is 0 Å². The fourth-order valence-electron chi connectivity index (χ4n) is 5.69. The van der Waals surface area contributed by atoms with Gasteiger partial charge in [0.15, 0.2) is 0 Å². The monoisotopic (exact) mass is 477 g/mol. The predicted molar refractivity (Wildman–Crippen MR) is 150 cm³/mol. The highest BCUT2D eigenvalue weighted by molar-refractivity contribution is 7.54. The molecular formula is C31H44NOP. The van der Waals surface area contributed by atoms with Gasteiger partial charge in [-0.05, 0) is 66.3 Å². The van der Waals surface area contributed by atoms with Crippen LogP contribution in [0.25, 0.3) is 0 Å². The Kier molecular flexibility index (Phi) is 9.24. The van der Waals surface area contributed by atoms with Gasteiger partial charge in [0, 0.05) is 17.5 Å². The molecule has 2 aromatic rings. The van der Waals surface area contributed by atoms with E-state index in [9.17, 15) is 0 Å². The number of nitrogens with zero attached hydrogens (tertiary/aromatic N) is 1. The summed E-state index contributed by atoms with van der Waals surface area (Å²) >= 11 is 0. The van der Waals surface area contributed by atoms with E-state index >= 15 is 0 Å². The minimum absolute atomic E-state index is 0.411. The van der Waals surface area contributed by atoms with Gasteiger partial charge in [-0.2, -0.15) is 0 Å². The van der Waals surface area contributed by atoms with E-state index in [1.807, 2.05) is 6.21 Å². The van der Waals surface area contributed by atoms with Crippen LogP contribution in [-0.2, 0) is 0 Å². The van der Waals surface area contributed by atoms with Crippen LogP contribution < -0.4 is 4.52 Å². The van der Waals surface area contributed by atoms with Crippen LogP contribution in [0.4, 0.5) is 5.69 Å². The molecule has 4 rings (SSSR count). The zero-order chi connectivity index (χ0) is 23.9. The molecule has 2 saturated carbocycles. The Balaban J connectivity index is 1.56. The minimum Gasteiger partial charge on any atom is -0.473 e. The molecule has 34 heavy (non-hydrogen) atoms. The molecule has 2 aromatic carbocycles. The molecule has 0 aliphatic heterocycles. The van der Waals surface area contributed by atoms with Crippen molar-refractivity contribution in [2.45, 2.75) is 115 Å². The molecule has 2 fully saturated rings. The highest BCUT2D eigenvalue weighted by Crippen LogP contribution is 2.56. The first-order chi connectivity index (χ1) is 16.5. The van der Waals surface area contributed by atoms with Crippen LogP contribution in [0, 0.1) is 0 Å². The topological polar surface area (TPSA) is 21.6 Å². The van der Waals surface area contributed by atoms with Gasteiger partial charge in [0.2, 0.25) is 0 Å². The normalized spacial score (nSPS) is 18.4. The average Bonchev–Trinajstić information content (AvgIpc) is 2.87. The second kappa shape index (κ2) is 12.3. The van der Waals surface area contributed by atoms with E-state index in [1.54, 1.807) is 0 Å². The van der Waals surface area contributed by atoms with Gasteiger partial charge in [-0.25, -0.2) is 0 Å². The maximum absolute atomic E-state index is 6.91. The Labute approximate surface area is 209 Å². The molecule has 0 heterocycles. The Morgan fingerprint density at radius 1 is 0.765 bits per heavy atom. The third kappa shape index (κ3) is 6.51. The van der Waals surface area contributed by atoms with Gasteiger partial charge < -0.3 is 4.52 Å². The molecule has 0 amide bonds. The Morgan fingerprint density at radius 3 is 1.82 bits per heavy atom. The van der Waals surface area contributed by atoms with Crippen molar-refractivity contribution in [1.29, 1.82) is 0 Å². The molecule has 2 nitrogen and oxygen atoms in total. The summed E-state index contributed by atoms with van der Waals surface area (Å²) < 4.78 is 6.91. The third-order valence-electron chi connectivity index (χ3n) is 7.62. The van der Waals surface area contributed by atoms with Crippen molar-refractivity contribution in [2.24, 2.45) is 4.99 Å². The summed E-state index contributed by atoms with van der Waals surface area (Å²) in [6, 6.07) is 15.3. The second-order valence-electron chi connectivity index (χ2n) is 11.0. The average molecular weight is 478 g/mol.